The lowest BCUT2D eigenvalue weighted by Gasteiger charge is -2.26. The summed E-state index contributed by atoms with van der Waals surface area (Å²) in [7, 11) is 0. The molecule has 25 heavy (non-hydrogen) atoms. The summed E-state index contributed by atoms with van der Waals surface area (Å²) in [5.41, 5.74) is 0.970. The first-order valence-corrected chi connectivity index (χ1v) is 8.88. The van der Waals surface area contributed by atoms with Crippen molar-refractivity contribution in [3.05, 3.63) is 40.5 Å². The number of rotatable bonds is 6. The molecule has 1 N–H and O–H groups in total. The van der Waals surface area contributed by atoms with E-state index in [1.807, 2.05) is 24.3 Å². The molecule has 1 aromatic heterocycles. The molecule has 1 aliphatic heterocycles. The predicted octanol–water partition coefficient (Wildman–Crippen LogP) is 3.59. The van der Waals surface area contributed by atoms with Crippen molar-refractivity contribution < 1.29 is 13.5 Å². The maximum atomic E-state index is 13.2. The number of benzene rings is 1. The van der Waals surface area contributed by atoms with Crippen LogP contribution in [0.4, 0.5) is 14.7 Å². The summed E-state index contributed by atoms with van der Waals surface area (Å²) in [6.45, 7) is 4.59. The van der Waals surface area contributed by atoms with Gasteiger partial charge in [-0.15, -0.1) is 0 Å². The van der Waals surface area contributed by atoms with Gasteiger partial charge in [0.2, 0.25) is 5.95 Å². The molecule has 134 valence electrons. The summed E-state index contributed by atoms with van der Waals surface area (Å²) in [6, 6.07) is 8.70. The first kappa shape index (κ1) is 18.2. The largest absolute Gasteiger partial charge is 0.379 e. The van der Waals surface area contributed by atoms with Gasteiger partial charge in [-0.1, -0.05) is 28.1 Å². The number of aromatic nitrogens is 2. The van der Waals surface area contributed by atoms with Gasteiger partial charge in [-0.3, -0.25) is 4.90 Å². The second-order valence-corrected chi connectivity index (χ2v) is 6.61. The number of hydrogen-bond acceptors (Lipinski definition) is 5. The monoisotopic (exact) mass is 412 g/mol. The number of halogens is 3. The standard InChI is InChI=1S/C17H19BrF2N4O/c18-13-3-1-12(2-4-13)14-11-15(16(19)20)23-17(22-14)21-5-6-24-7-9-25-10-8-24/h1-4,11,16H,5-10H2,(H,21,22,23). The SMILES string of the molecule is FC(F)c1cc(-c2ccc(Br)cc2)nc(NCCN2CCOCC2)n1. The van der Waals surface area contributed by atoms with E-state index in [0.29, 0.717) is 12.2 Å². The maximum absolute atomic E-state index is 13.2. The van der Waals surface area contributed by atoms with Gasteiger partial charge in [0.1, 0.15) is 5.69 Å². The summed E-state index contributed by atoms with van der Waals surface area (Å²) >= 11 is 3.36. The Balaban J connectivity index is 1.72. The van der Waals surface area contributed by atoms with E-state index >= 15 is 0 Å². The number of nitrogens with one attached hydrogen (secondary N) is 1. The second kappa shape index (κ2) is 8.64. The lowest BCUT2D eigenvalue weighted by atomic mass is 10.1. The Labute approximate surface area is 153 Å². The zero-order valence-electron chi connectivity index (χ0n) is 13.6. The lowest BCUT2D eigenvalue weighted by molar-refractivity contribution is 0.0398. The zero-order valence-corrected chi connectivity index (χ0v) is 15.2. The molecule has 0 bridgehead atoms. The first-order chi connectivity index (χ1) is 12.1. The summed E-state index contributed by atoms with van der Waals surface area (Å²) in [5, 5.41) is 3.06. The van der Waals surface area contributed by atoms with Crippen molar-refractivity contribution in [1.82, 2.24) is 14.9 Å². The van der Waals surface area contributed by atoms with Crippen LogP contribution in [0, 0.1) is 0 Å². The van der Waals surface area contributed by atoms with Gasteiger partial charge < -0.3 is 10.1 Å². The van der Waals surface area contributed by atoms with Gasteiger partial charge in [-0.2, -0.15) is 0 Å². The van der Waals surface area contributed by atoms with Crippen LogP contribution < -0.4 is 5.32 Å². The summed E-state index contributed by atoms with van der Waals surface area (Å²) in [4.78, 5) is 10.6. The van der Waals surface area contributed by atoms with Crippen LogP contribution in [0.25, 0.3) is 11.3 Å². The van der Waals surface area contributed by atoms with E-state index in [-0.39, 0.29) is 11.6 Å². The van der Waals surface area contributed by atoms with Gasteiger partial charge in [0, 0.05) is 36.2 Å². The van der Waals surface area contributed by atoms with Gasteiger partial charge >= 0.3 is 0 Å². The van der Waals surface area contributed by atoms with Crippen LogP contribution >= 0.6 is 15.9 Å². The van der Waals surface area contributed by atoms with E-state index in [4.69, 9.17) is 4.74 Å². The summed E-state index contributed by atoms with van der Waals surface area (Å²) < 4.78 is 32.6. The fourth-order valence-electron chi connectivity index (χ4n) is 2.58. The molecule has 0 aliphatic carbocycles. The molecule has 1 aromatic carbocycles. The average Bonchev–Trinajstić information content (AvgIpc) is 2.63. The Kier molecular flexibility index (Phi) is 6.28. The third kappa shape index (κ3) is 5.17. The predicted molar refractivity (Wildman–Crippen MR) is 95.9 cm³/mol. The molecule has 0 atom stereocenters. The number of hydrogen-bond donors (Lipinski definition) is 1. The van der Waals surface area contributed by atoms with Crippen LogP contribution in [-0.4, -0.2) is 54.3 Å². The molecule has 1 fully saturated rings. The zero-order chi connectivity index (χ0) is 17.6. The average molecular weight is 413 g/mol. The Hall–Kier alpha value is -1.64. The van der Waals surface area contributed by atoms with E-state index < -0.39 is 6.43 Å². The highest BCUT2D eigenvalue weighted by atomic mass is 79.9. The smallest absolute Gasteiger partial charge is 0.280 e. The van der Waals surface area contributed by atoms with Gasteiger partial charge in [0.25, 0.3) is 6.43 Å². The van der Waals surface area contributed by atoms with Gasteiger partial charge in [0.05, 0.1) is 18.9 Å². The van der Waals surface area contributed by atoms with Crippen molar-refractivity contribution >= 4 is 21.9 Å². The third-order valence-electron chi connectivity index (χ3n) is 3.92. The minimum Gasteiger partial charge on any atom is -0.379 e. The van der Waals surface area contributed by atoms with E-state index in [0.717, 1.165) is 42.9 Å². The molecule has 0 saturated carbocycles. The molecule has 8 heteroatoms. The molecule has 2 aromatic rings. The van der Waals surface area contributed by atoms with Crippen LogP contribution in [0.2, 0.25) is 0 Å². The van der Waals surface area contributed by atoms with Crippen LogP contribution in [0.3, 0.4) is 0 Å². The van der Waals surface area contributed by atoms with Crippen LogP contribution in [0.15, 0.2) is 34.8 Å². The molecule has 0 amide bonds. The Morgan fingerprint density at radius 1 is 1.16 bits per heavy atom. The van der Waals surface area contributed by atoms with E-state index in [2.05, 4.69) is 36.1 Å². The van der Waals surface area contributed by atoms with E-state index in [9.17, 15) is 8.78 Å². The summed E-state index contributed by atoms with van der Waals surface area (Å²) in [6.07, 6.45) is -2.64. The molecular weight excluding hydrogens is 394 g/mol. The molecule has 3 rings (SSSR count). The number of nitrogens with zero attached hydrogens (tertiary/aromatic N) is 3. The van der Waals surface area contributed by atoms with Crippen molar-refractivity contribution in [2.45, 2.75) is 6.43 Å². The molecule has 0 radical (unpaired) electrons. The molecule has 1 saturated heterocycles. The second-order valence-electron chi connectivity index (χ2n) is 5.69. The molecule has 5 nitrogen and oxygen atoms in total. The highest BCUT2D eigenvalue weighted by Gasteiger charge is 2.15. The van der Waals surface area contributed by atoms with Gasteiger partial charge in [0.15, 0.2) is 0 Å². The Bertz CT molecular complexity index is 694. The third-order valence-corrected chi connectivity index (χ3v) is 4.45. The Morgan fingerprint density at radius 2 is 1.88 bits per heavy atom. The number of alkyl halides is 2. The highest BCUT2D eigenvalue weighted by molar-refractivity contribution is 9.10. The number of anilines is 1. The van der Waals surface area contributed by atoms with Crippen molar-refractivity contribution in [1.29, 1.82) is 0 Å². The fourth-order valence-corrected chi connectivity index (χ4v) is 2.84. The van der Waals surface area contributed by atoms with Gasteiger partial charge in [-0.25, -0.2) is 18.7 Å². The van der Waals surface area contributed by atoms with Crippen molar-refractivity contribution in [2.75, 3.05) is 44.7 Å². The van der Waals surface area contributed by atoms with Gasteiger partial charge in [-0.05, 0) is 18.2 Å². The van der Waals surface area contributed by atoms with Crippen LogP contribution in [0.1, 0.15) is 12.1 Å². The minimum atomic E-state index is -2.64. The van der Waals surface area contributed by atoms with Crippen LogP contribution in [-0.2, 0) is 4.74 Å². The van der Waals surface area contributed by atoms with Crippen molar-refractivity contribution in [3.63, 3.8) is 0 Å². The molecule has 0 spiro atoms. The number of ether oxygens (including phenoxy) is 1. The van der Waals surface area contributed by atoms with E-state index in [1.165, 1.54) is 6.07 Å². The normalized spacial score (nSPS) is 15.5. The molecule has 1 aliphatic rings. The van der Waals surface area contributed by atoms with Crippen LogP contribution in [0.5, 0.6) is 0 Å². The molecular formula is C17H19BrF2N4O. The Morgan fingerprint density at radius 3 is 2.56 bits per heavy atom. The van der Waals surface area contributed by atoms with E-state index in [1.54, 1.807) is 0 Å². The maximum Gasteiger partial charge on any atom is 0.280 e. The summed E-state index contributed by atoms with van der Waals surface area (Å²) in [5.74, 6) is 0.226. The fraction of sp³-hybridized carbons (Fsp3) is 0.412. The first-order valence-electron chi connectivity index (χ1n) is 8.09. The molecule has 2 heterocycles. The quantitative estimate of drug-likeness (QED) is 0.785. The highest BCUT2D eigenvalue weighted by Crippen LogP contribution is 2.25. The topological polar surface area (TPSA) is 50.3 Å². The lowest BCUT2D eigenvalue weighted by Crippen LogP contribution is -2.39. The molecule has 0 unspecified atom stereocenters. The minimum absolute atomic E-state index is 0.226. The van der Waals surface area contributed by atoms with Crippen molar-refractivity contribution in [2.24, 2.45) is 0 Å². The number of morpholine rings is 1. The van der Waals surface area contributed by atoms with Crippen molar-refractivity contribution in [3.8, 4) is 11.3 Å².